The van der Waals surface area contributed by atoms with E-state index in [9.17, 15) is 8.42 Å². The summed E-state index contributed by atoms with van der Waals surface area (Å²) in [4.78, 5) is 13.3. The van der Waals surface area contributed by atoms with Crippen molar-refractivity contribution in [3.05, 3.63) is 81.7 Å². The second-order valence-corrected chi connectivity index (χ2v) is 10.0. The maximum Gasteiger partial charge on any atom is 0.261 e. The topological polar surface area (TPSA) is 99.0 Å². The number of hydrogen-bond acceptors (Lipinski definition) is 6. The number of anilines is 1. The fourth-order valence-electron chi connectivity index (χ4n) is 2.97. The minimum absolute atomic E-state index is 0.201. The average molecular weight is 561 g/mol. The Labute approximate surface area is 199 Å². The van der Waals surface area contributed by atoms with Crippen molar-refractivity contribution in [2.45, 2.75) is 25.7 Å². The van der Waals surface area contributed by atoms with Crippen molar-refractivity contribution >= 4 is 38.3 Å². The lowest BCUT2D eigenvalue weighted by Gasteiger charge is -2.11. The zero-order chi connectivity index (χ0) is 22.9. The van der Waals surface area contributed by atoms with Crippen LogP contribution in [0.25, 0.3) is 5.82 Å². The van der Waals surface area contributed by atoms with Crippen molar-refractivity contribution in [2.75, 3.05) is 4.72 Å². The Balaban J connectivity index is 1.52. The van der Waals surface area contributed by atoms with Gasteiger partial charge in [-0.15, -0.1) is 0 Å². The van der Waals surface area contributed by atoms with Crippen LogP contribution in [0.15, 0.2) is 65.8 Å². The number of aryl methyl sites for hydroxylation is 2. The number of hydrogen-bond donors (Lipinski definition) is 1. The van der Waals surface area contributed by atoms with Crippen LogP contribution in [0, 0.1) is 24.3 Å². The van der Waals surface area contributed by atoms with Crippen molar-refractivity contribution in [3.63, 3.8) is 0 Å². The number of aromatic nitrogens is 4. The van der Waals surface area contributed by atoms with Gasteiger partial charge in [0.05, 0.1) is 10.6 Å². The summed E-state index contributed by atoms with van der Waals surface area (Å²) in [6, 6.07) is 15.0. The van der Waals surface area contributed by atoms with Gasteiger partial charge >= 0.3 is 0 Å². The van der Waals surface area contributed by atoms with Gasteiger partial charge in [0, 0.05) is 21.0 Å². The molecular weight excluding hydrogens is 541 g/mol. The molecule has 0 atom stereocenters. The minimum atomic E-state index is -3.67. The van der Waals surface area contributed by atoms with Gasteiger partial charge in [0.2, 0.25) is 5.88 Å². The first-order chi connectivity index (χ1) is 15.2. The molecule has 0 radical (unpaired) electrons. The summed E-state index contributed by atoms with van der Waals surface area (Å²) in [5, 5.41) is 0. The van der Waals surface area contributed by atoms with Gasteiger partial charge in [-0.3, -0.25) is 9.29 Å². The zero-order valence-electron chi connectivity index (χ0n) is 17.6. The van der Waals surface area contributed by atoms with E-state index in [-0.39, 0.29) is 4.90 Å². The SMILES string of the molecule is Cc1nc(Oc2ccc(NS(=O)(=O)c3ccc(I)cc3)cc2)cc(-n2cnc(C)c2C)n1. The molecule has 8 nitrogen and oxygen atoms in total. The normalized spacial score (nSPS) is 11.4. The number of ether oxygens (including phenoxy) is 1. The van der Waals surface area contributed by atoms with Crippen LogP contribution in [0.2, 0.25) is 0 Å². The molecule has 4 rings (SSSR count). The molecule has 0 aliphatic heterocycles. The number of imidazole rings is 1. The number of rotatable bonds is 6. The molecule has 0 aliphatic rings. The summed E-state index contributed by atoms with van der Waals surface area (Å²) in [5.74, 6) is 2.12. The Kier molecular flexibility index (Phi) is 6.15. The molecule has 32 heavy (non-hydrogen) atoms. The van der Waals surface area contributed by atoms with Gasteiger partial charge in [-0.2, -0.15) is 4.98 Å². The van der Waals surface area contributed by atoms with Gasteiger partial charge in [-0.25, -0.2) is 18.4 Å². The minimum Gasteiger partial charge on any atom is -0.439 e. The van der Waals surface area contributed by atoms with E-state index >= 15 is 0 Å². The van der Waals surface area contributed by atoms with E-state index in [4.69, 9.17) is 4.74 Å². The van der Waals surface area contributed by atoms with Crippen molar-refractivity contribution in [2.24, 2.45) is 0 Å². The summed E-state index contributed by atoms with van der Waals surface area (Å²) in [5.41, 5.74) is 2.34. The molecular formula is C22H20IN5O3S. The molecule has 0 amide bonds. The third kappa shape index (κ3) is 4.91. The predicted octanol–water partition coefficient (Wildman–Crippen LogP) is 4.79. The van der Waals surface area contributed by atoms with Crippen LogP contribution < -0.4 is 9.46 Å². The summed E-state index contributed by atoms with van der Waals surface area (Å²) in [6.07, 6.45) is 1.71. The lowest BCUT2D eigenvalue weighted by atomic mass is 10.3. The van der Waals surface area contributed by atoms with Gasteiger partial charge in [0.1, 0.15) is 23.7 Å². The van der Waals surface area contributed by atoms with Crippen molar-refractivity contribution in [1.29, 1.82) is 0 Å². The van der Waals surface area contributed by atoms with Gasteiger partial charge in [-0.05, 0) is 91.9 Å². The number of nitrogens with zero attached hydrogens (tertiary/aromatic N) is 4. The maximum absolute atomic E-state index is 12.6. The van der Waals surface area contributed by atoms with Crippen molar-refractivity contribution < 1.29 is 13.2 Å². The Hall–Kier alpha value is -2.99. The highest BCUT2D eigenvalue weighted by Gasteiger charge is 2.14. The molecule has 2 heterocycles. The Morgan fingerprint density at radius 1 is 0.969 bits per heavy atom. The Bertz CT molecular complexity index is 1370. The Morgan fingerprint density at radius 3 is 2.28 bits per heavy atom. The first-order valence-corrected chi connectivity index (χ1v) is 12.2. The molecule has 4 aromatic rings. The van der Waals surface area contributed by atoms with Crippen LogP contribution in [-0.4, -0.2) is 27.9 Å². The van der Waals surface area contributed by atoms with Crippen LogP contribution >= 0.6 is 22.6 Å². The number of sulfonamides is 1. The Morgan fingerprint density at radius 2 is 1.66 bits per heavy atom. The van der Waals surface area contributed by atoms with Crippen LogP contribution in [0.1, 0.15) is 17.2 Å². The molecule has 0 bridgehead atoms. The lowest BCUT2D eigenvalue weighted by Crippen LogP contribution is -2.12. The van der Waals surface area contributed by atoms with Crippen LogP contribution in [0.5, 0.6) is 11.6 Å². The predicted molar refractivity (Wildman–Crippen MR) is 130 cm³/mol. The van der Waals surface area contributed by atoms with Gasteiger partial charge in [-0.1, -0.05) is 0 Å². The number of halogens is 1. The molecule has 0 unspecified atom stereocenters. The molecule has 164 valence electrons. The van der Waals surface area contributed by atoms with E-state index in [2.05, 4.69) is 42.3 Å². The molecule has 0 fully saturated rings. The molecule has 2 aromatic heterocycles. The third-order valence-corrected chi connectivity index (χ3v) is 6.87. The standard InChI is InChI=1S/C22H20IN5O3S/c1-14-15(2)28(13-24-14)21-12-22(26-16(3)25-21)31-19-8-6-18(7-9-19)27-32(29,30)20-10-4-17(23)5-11-20/h4-13,27H,1-3H3. The summed E-state index contributed by atoms with van der Waals surface area (Å²) >= 11 is 2.13. The molecule has 0 aliphatic carbocycles. The molecule has 0 saturated carbocycles. The second kappa shape index (κ2) is 8.87. The first-order valence-electron chi connectivity index (χ1n) is 9.64. The third-order valence-electron chi connectivity index (χ3n) is 4.75. The first kappa shape index (κ1) is 22.2. The largest absolute Gasteiger partial charge is 0.439 e. The molecule has 2 aromatic carbocycles. The van der Waals surface area contributed by atoms with Crippen LogP contribution in [0.4, 0.5) is 5.69 Å². The fraction of sp³-hybridized carbons (Fsp3) is 0.136. The van der Waals surface area contributed by atoms with E-state index in [1.165, 1.54) is 0 Å². The van der Waals surface area contributed by atoms with E-state index < -0.39 is 10.0 Å². The highest BCUT2D eigenvalue weighted by molar-refractivity contribution is 14.1. The molecule has 0 saturated heterocycles. The van der Waals surface area contributed by atoms with Gasteiger partial charge in [0.25, 0.3) is 10.0 Å². The van der Waals surface area contributed by atoms with E-state index in [0.29, 0.717) is 29.0 Å². The number of nitrogens with one attached hydrogen (secondary N) is 1. The molecule has 0 spiro atoms. The smallest absolute Gasteiger partial charge is 0.261 e. The molecule has 10 heteroatoms. The maximum atomic E-state index is 12.6. The van der Waals surface area contributed by atoms with E-state index in [0.717, 1.165) is 15.0 Å². The zero-order valence-corrected chi connectivity index (χ0v) is 20.5. The van der Waals surface area contributed by atoms with Crippen molar-refractivity contribution in [1.82, 2.24) is 19.5 Å². The van der Waals surface area contributed by atoms with Crippen LogP contribution in [-0.2, 0) is 10.0 Å². The summed E-state index contributed by atoms with van der Waals surface area (Å²) < 4.78 is 36.4. The second-order valence-electron chi connectivity index (χ2n) is 7.08. The summed E-state index contributed by atoms with van der Waals surface area (Å²) in [6.45, 7) is 5.69. The highest BCUT2D eigenvalue weighted by Crippen LogP contribution is 2.25. The summed E-state index contributed by atoms with van der Waals surface area (Å²) in [7, 11) is -3.67. The lowest BCUT2D eigenvalue weighted by molar-refractivity contribution is 0.459. The van der Waals surface area contributed by atoms with E-state index in [1.807, 2.05) is 18.4 Å². The fourth-order valence-corrected chi connectivity index (χ4v) is 4.39. The highest BCUT2D eigenvalue weighted by atomic mass is 127. The molecule has 1 N–H and O–H groups in total. The average Bonchev–Trinajstić information content (AvgIpc) is 3.08. The van der Waals surface area contributed by atoms with Gasteiger partial charge in [0.15, 0.2) is 0 Å². The van der Waals surface area contributed by atoms with Crippen LogP contribution in [0.3, 0.4) is 0 Å². The van der Waals surface area contributed by atoms with Gasteiger partial charge < -0.3 is 4.74 Å². The van der Waals surface area contributed by atoms with E-state index in [1.54, 1.807) is 67.8 Å². The van der Waals surface area contributed by atoms with Crippen molar-refractivity contribution in [3.8, 4) is 17.4 Å². The quantitative estimate of drug-likeness (QED) is 0.340. The monoisotopic (exact) mass is 561 g/mol. The number of benzene rings is 2.